The molecular weight excluding hydrogens is 454 g/mol. The highest BCUT2D eigenvalue weighted by Gasteiger charge is 2.94. The van der Waals surface area contributed by atoms with Gasteiger partial charge < -0.3 is 0 Å². The smallest absolute Gasteiger partial charge is 0.221 e. The van der Waals surface area contributed by atoms with E-state index in [1.807, 2.05) is 0 Å². The van der Waals surface area contributed by atoms with Crippen LogP contribution in [-0.4, -0.2) is 48.3 Å². The maximum atomic E-state index is 12.9. The summed E-state index contributed by atoms with van der Waals surface area (Å²) in [5.74, 6) is -42.4. The van der Waals surface area contributed by atoms with E-state index < -0.39 is 48.3 Å². The van der Waals surface area contributed by atoms with Gasteiger partial charge in [0.1, 0.15) is 0 Å². The van der Waals surface area contributed by atoms with Gasteiger partial charge in [0.25, 0.3) is 0 Å². The lowest BCUT2D eigenvalue weighted by molar-refractivity contribution is -0.510. The Bertz CT molecular complexity index is 537. The minimum absolute atomic E-state index is 1.09. The SMILES string of the molecule is FC(F)(F)OC(F)(F)C(F)(F)C(F)(F)C(F)(F)C(F)(F)C(F)(F)C(F)(F)F. The summed E-state index contributed by atoms with van der Waals surface area (Å²) in [6.45, 7) is 0. The highest BCUT2D eigenvalue weighted by Crippen LogP contribution is 2.62. The molecule has 0 unspecified atom stereocenters. The van der Waals surface area contributed by atoms with Crippen LogP contribution in [0.15, 0.2) is 0 Å². The summed E-state index contributed by atoms with van der Waals surface area (Å²) in [5, 5.41) is 0. The molecule has 1 nitrogen and oxygen atoms in total. The van der Waals surface area contributed by atoms with Crippen molar-refractivity contribution in [3.05, 3.63) is 0 Å². The van der Waals surface area contributed by atoms with Crippen LogP contribution in [0.5, 0.6) is 0 Å². The largest absolute Gasteiger partial charge is 0.527 e. The molecule has 0 bridgehead atoms. The fourth-order valence-electron chi connectivity index (χ4n) is 1.16. The van der Waals surface area contributed by atoms with Crippen molar-refractivity contribution in [2.75, 3.05) is 0 Å². The van der Waals surface area contributed by atoms with Gasteiger partial charge in [0.05, 0.1) is 0 Å². The molecular formula is C8F18O. The van der Waals surface area contributed by atoms with Gasteiger partial charge in [0, 0.05) is 0 Å². The molecule has 0 aliphatic heterocycles. The van der Waals surface area contributed by atoms with Crippen molar-refractivity contribution in [1.82, 2.24) is 0 Å². The lowest BCUT2D eigenvalue weighted by Crippen LogP contribution is -2.73. The van der Waals surface area contributed by atoms with E-state index in [-0.39, 0.29) is 0 Å². The molecule has 0 aliphatic carbocycles. The molecule has 0 fully saturated rings. The Balaban J connectivity index is 6.47. The Hall–Kier alpha value is -1.30. The van der Waals surface area contributed by atoms with E-state index in [2.05, 4.69) is 0 Å². The maximum Gasteiger partial charge on any atom is 0.527 e. The van der Waals surface area contributed by atoms with Crippen LogP contribution in [0, 0.1) is 0 Å². The van der Waals surface area contributed by atoms with Crippen molar-refractivity contribution in [2.45, 2.75) is 48.3 Å². The van der Waals surface area contributed by atoms with E-state index >= 15 is 0 Å². The fraction of sp³-hybridized carbons (Fsp3) is 1.00. The van der Waals surface area contributed by atoms with Gasteiger partial charge in [-0.05, 0) is 0 Å². The van der Waals surface area contributed by atoms with Crippen molar-refractivity contribution in [2.24, 2.45) is 0 Å². The van der Waals surface area contributed by atoms with E-state index in [4.69, 9.17) is 0 Å². The predicted octanol–water partition coefficient (Wildman–Crippen LogP) is 5.85. The molecule has 0 heterocycles. The summed E-state index contributed by atoms with van der Waals surface area (Å²) in [6, 6.07) is 0. The summed E-state index contributed by atoms with van der Waals surface area (Å²) >= 11 is 0. The van der Waals surface area contributed by atoms with Crippen LogP contribution in [0.4, 0.5) is 79.0 Å². The predicted molar refractivity (Wildman–Crippen MR) is 42.9 cm³/mol. The number of halogens is 18. The van der Waals surface area contributed by atoms with Gasteiger partial charge >= 0.3 is 48.3 Å². The third-order valence-corrected chi connectivity index (χ3v) is 2.54. The van der Waals surface area contributed by atoms with Crippen LogP contribution in [0.25, 0.3) is 0 Å². The quantitative estimate of drug-likeness (QED) is 0.458. The third-order valence-electron chi connectivity index (χ3n) is 2.54. The molecule has 0 aromatic heterocycles. The molecule has 164 valence electrons. The summed E-state index contributed by atoms with van der Waals surface area (Å²) in [4.78, 5) is 0. The van der Waals surface area contributed by atoms with Gasteiger partial charge in [-0.3, -0.25) is 0 Å². The van der Waals surface area contributed by atoms with Crippen molar-refractivity contribution in [3.8, 4) is 0 Å². The molecule has 0 radical (unpaired) electrons. The first kappa shape index (κ1) is 25.7. The van der Waals surface area contributed by atoms with Crippen LogP contribution in [-0.2, 0) is 4.74 Å². The molecule has 27 heavy (non-hydrogen) atoms. The van der Waals surface area contributed by atoms with E-state index in [9.17, 15) is 79.0 Å². The van der Waals surface area contributed by atoms with Crippen molar-refractivity contribution in [1.29, 1.82) is 0 Å². The van der Waals surface area contributed by atoms with Crippen molar-refractivity contribution < 1.29 is 83.8 Å². The lowest BCUT2D eigenvalue weighted by Gasteiger charge is -2.41. The third kappa shape index (κ3) is 3.69. The van der Waals surface area contributed by atoms with Gasteiger partial charge in [0.2, 0.25) is 0 Å². The molecule has 0 saturated heterocycles. The molecule has 19 heteroatoms. The number of hydrogen-bond acceptors (Lipinski definition) is 1. The molecule has 0 saturated carbocycles. The molecule has 0 aromatic carbocycles. The van der Waals surface area contributed by atoms with Crippen molar-refractivity contribution in [3.63, 3.8) is 0 Å². The fourth-order valence-corrected chi connectivity index (χ4v) is 1.16. The molecule has 0 N–H and O–H groups in total. The van der Waals surface area contributed by atoms with Gasteiger partial charge in [-0.1, -0.05) is 0 Å². The van der Waals surface area contributed by atoms with E-state index in [1.165, 1.54) is 0 Å². The maximum absolute atomic E-state index is 12.9. The van der Waals surface area contributed by atoms with Crippen LogP contribution in [0.1, 0.15) is 0 Å². The molecule has 0 rings (SSSR count). The van der Waals surface area contributed by atoms with Crippen LogP contribution in [0.3, 0.4) is 0 Å². The highest BCUT2D eigenvalue weighted by atomic mass is 19.4. The normalized spacial score (nSPS) is 16.7. The molecule has 0 atom stereocenters. The van der Waals surface area contributed by atoms with Gasteiger partial charge in [0.15, 0.2) is 0 Å². The second-order valence-corrected chi connectivity index (χ2v) is 4.43. The number of rotatable bonds is 6. The average molecular weight is 454 g/mol. The van der Waals surface area contributed by atoms with E-state index in [0.29, 0.717) is 0 Å². The Morgan fingerprint density at radius 3 is 0.852 bits per heavy atom. The second kappa shape index (κ2) is 6.10. The standard InChI is InChI=1S/C8F18O/c9-1(10,2(11,12)4(15,16)6(19,20)21)3(13,14)5(17,18)7(22,23)27-8(24,25)26. The van der Waals surface area contributed by atoms with Crippen LogP contribution in [0.2, 0.25) is 0 Å². The van der Waals surface area contributed by atoms with Crippen molar-refractivity contribution >= 4 is 0 Å². The second-order valence-electron chi connectivity index (χ2n) is 4.43. The first-order valence-corrected chi connectivity index (χ1v) is 5.31. The minimum Gasteiger partial charge on any atom is -0.221 e. The summed E-state index contributed by atoms with van der Waals surface area (Å²) in [7, 11) is 0. The summed E-state index contributed by atoms with van der Waals surface area (Å²) in [6.07, 6.45) is -22.6. The molecule has 0 amide bonds. The van der Waals surface area contributed by atoms with Crippen LogP contribution < -0.4 is 0 Å². The van der Waals surface area contributed by atoms with Crippen LogP contribution >= 0.6 is 0 Å². The van der Waals surface area contributed by atoms with E-state index in [0.717, 1.165) is 4.74 Å². The lowest BCUT2D eigenvalue weighted by atomic mass is 9.93. The zero-order valence-corrected chi connectivity index (χ0v) is 11.2. The first-order valence-electron chi connectivity index (χ1n) is 5.31. The minimum atomic E-state index is -8.67. The molecule has 0 aliphatic rings. The molecule has 0 spiro atoms. The number of alkyl halides is 18. The summed E-state index contributed by atoms with van der Waals surface area (Å²) in [5.41, 5.74) is 0. The average Bonchev–Trinajstić information content (AvgIpc) is 2.33. The van der Waals surface area contributed by atoms with Gasteiger partial charge in [-0.2, -0.15) is 65.9 Å². The van der Waals surface area contributed by atoms with Gasteiger partial charge in [-0.15, -0.1) is 13.2 Å². The number of hydrogen-bond donors (Lipinski definition) is 0. The van der Waals surface area contributed by atoms with E-state index in [1.54, 1.807) is 0 Å². The zero-order valence-electron chi connectivity index (χ0n) is 11.2. The van der Waals surface area contributed by atoms with Gasteiger partial charge in [-0.25, -0.2) is 4.74 Å². The highest BCUT2D eigenvalue weighted by molar-refractivity contribution is 5.11. The Kier molecular flexibility index (Phi) is 5.80. The summed E-state index contributed by atoms with van der Waals surface area (Å²) < 4.78 is 222. The monoisotopic (exact) mass is 454 g/mol. The first-order chi connectivity index (χ1) is 11.2. The number of ether oxygens (including phenoxy) is 1. The topological polar surface area (TPSA) is 9.23 Å². The Labute approximate surface area is 133 Å². The Morgan fingerprint density at radius 2 is 0.593 bits per heavy atom. The zero-order chi connectivity index (χ0) is 22.7. The Morgan fingerprint density at radius 1 is 0.333 bits per heavy atom. The molecule has 0 aromatic rings.